The van der Waals surface area contributed by atoms with E-state index in [9.17, 15) is 9.90 Å². The molecule has 5 nitrogen and oxygen atoms in total. The summed E-state index contributed by atoms with van der Waals surface area (Å²) in [7, 11) is 1.29. The number of aliphatic hydroxyl groups is 2. The van der Waals surface area contributed by atoms with Crippen molar-refractivity contribution < 1.29 is 19.7 Å². The van der Waals surface area contributed by atoms with Crippen LogP contribution >= 0.6 is 0 Å². The van der Waals surface area contributed by atoms with Crippen molar-refractivity contribution in [1.29, 1.82) is 0 Å². The molecule has 12 heavy (non-hydrogen) atoms. The molecule has 0 aliphatic carbocycles. The van der Waals surface area contributed by atoms with Crippen LogP contribution in [0.3, 0.4) is 0 Å². The topological polar surface area (TPSA) is 78.8 Å². The lowest BCUT2D eigenvalue weighted by Crippen LogP contribution is -2.53. The van der Waals surface area contributed by atoms with Gasteiger partial charge in [0.1, 0.15) is 6.04 Å². The maximum Gasteiger partial charge on any atom is 0.322 e. The van der Waals surface area contributed by atoms with Crippen molar-refractivity contribution in [3.63, 3.8) is 0 Å². The molecule has 5 heteroatoms. The lowest BCUT2D eigenvalue weighted by atomic mass is 10.00. The summed E-state index contributed by atoms with van der Waals surface area (Å²) in [5.74, 6) is -0.402. The van der Waals surface area contributed by atoms with Gasteiger partial charge in [-0.2, -0.15) is 0 Å². The minimum atomic E-state index is -0.838. The monoisotopic (exact) mass is 175 g/mol. The summed E-state index contributed by atoms with van der Waals surface area (Å²) in [5.41, 5.74) is 0. The summed E-state index contributed by atoms with van der Waals surface area (Å²) in [6.07, 6.45) is -1.42. The Balaban J connectivity index is 2.45. The third kappa shape index (κ3) is 1.94. The summed E-state index contributed by atoms with van der Waals surface area (Å²) in [6.45, 7) is 0.223. The van der Waals surface area contributed by atoms with Gasteiger partial charge in [0, 0.05) is 13.0 Å². The molecule has 0 saturated carbocycles. The van der Waals surface area contributed by atoms with Crippen molar-refractivity contribution in [2.45, 2.75) is 24.7 Å². The van der Waals surface area contributed by atoms with Gasteiger partial charge in [-0.1, -0.05) is 0 Å². The van der Waals surface area contributed by atoms with E-state index >= 15 is 0 Å². The number of piperidine rings is 1. The van der Waals surface area contributed by atoms with Gasteiger partial charge in [0.05, 0.1) is 19.3 Å². The Morgan fingerprint density at radius 2 is 2.17 bits per heavy atom. The van der Waals surface area contributed by atoms with E-state index in [-0.39, 0.29) is 13.0 Å². The number of esters is 1. The standard InChI is InChI=1S/C7H13NO4/c1-12-7(11)4-2-5(9)6(10)3-8-4/h4-6,8-10H,2-3H2,1H3/t4?,5-,6+/m1/s1. The second kappa shape index (κ2) is 3.84. The van der Waals surface area contributed by atoms with E-state index in [1.54, 1.807) is 0 Å². The second-order valence-corrected chi connectivity index (χ2v) is 2.85. The van der Waals surface area contributed by atoms with Crippen molar-refractivity contribution in [3.05, 3.63) is 0 Å². The number of methoxy groups -OCH3 is 1. The Bertz CT molecular complexity index is 173. The minimum absolute atomic E-state index is 0.202. The lowest BCUT2D eigenvalue weighted by Gasteiger charge is -2.29. The lowest BCUT2D eigenvalue weighted by molar-refractivity contribution is -0.146. The summed E-state index contributed by atoms with van der Waals surface area (Å²) >= 11 is 0. The summed E-state index contributed by atoms with van der Waals surface area (Å²) in [4.78, 5) is 10.9. The molecular formula is C7H13NO4. The average Bonchev–Trinajstić information content (AvgIpc) is 2.08. The van der Waals surface area contributed by atoms with E-state index in [1.807, 2.05) is 0 Å². The van der Waals surface area contributed by atoms with Crippen molar-refractivity contribution >= 4 is 5.97 Å². The van der Waals surface area contributed by atoms with E-state index in [4.69, 9.17) is 5.11 Å². The van der Waals surface area contributed by atoms with Crippen LogP contribution in [0.4, 0.5) is 0 Å². The molecule has 1 aliphatic rings. The number of hydrogen-bond acceptors (Lipinski definition) is 5. The number of β-amino-alcohol motifs (C(OH)–C–C–N with tert-alkyl or cyclic N) is 1. The minimum Gasteiger partial charge on any atom is -0.468 e. The van der Waals surface area contributed by atoms with Gasteiger partial charge in [0.2, 0.25) is 0 Å². The Kier molecular flexibility index (Phi) is 3.02. The number of nitrogens with one attached hydrogen (secondary N) is 1. The summed E-state index contributed by atoms with van der Waals surface area (Å²) in [5, 5.41) is 21.0. The number of carbonyl (C=O) groups is 1. The smallest absolute Gasteiger partial charge is 0.322 e. The number of rotatable bonds is 1. The largest absolute Gasteiger partial charge is 0.468 e. The highest BCUT2D eigenvalue weighted by Crippen LogP contribution is 2.09. The van der Waals surface area contributed by atoms with E-state index in [0.717, 1.165) is 0 Å². The number of hydrogen-bond donors (Lipinski definition) is 3. The van der Waals surface area contributed by atoms with Crippen molar-refractivity contribution in [1.82, 2.24) is 5.32 Å². The molecule has 0 bridgehead atoms. The Morgan fingerprint density at radius 3 is 2.67 bits per heavy atom. The zero-order valence-electron chi connectivity index (χ0n) is 6.86. The number of ether oxygens (including phenoxy) is 1. The summed E-state index contributed by atoms with van der Waals surface area (Å²) < 4.78 is 4.48. The molecule has 3 N–H and O–H groups in total. The molecule has 1 rings (SSSR count). The van der Waals surface area contributed by atoms with Gasteiger partial charge in [-0.05, 0) is 0 Å². The molecule has 0 aromatic carbocycles. The molecule has 0 aromatic rings. The molecule has 70 valence electrons. The fraction of sp³-hybridized carbons (Fsp3) is 0.857. The first-order valence-corrected chi connectivity index (χ1v) is 3.82. The molecule has 3 atom stereocenters. The van der Waals surface area contributed by atoms with Crippen LogP contribution in [0.15, 0.2) is 0 Å². The van der Waals surface area contributed by atoms with E-state index in [2.05, 4.69) is 10.1 Å². The fourth-order valence-electron chi connectivity index (χ4n) is 1.20. The molecule has 0 spiro atoms. The Labute approximate surface area is 70.3 Å². The van der Waals surface area contributed by atoms with Crippen molar-refractivity contribution in [2.24, 2.45) is 0 Å². The van der Waals surface area contributed by atoms with Gasteiger partial charge < -0.3 is 20.3 Å². The third-order valence-corrected chi connectivity index (χ3v) is 1.98. The molecule has 1 unspecified atom stereocenters. The van der Waals surface area contributed by atoms with Crippen LogP contribution in [0.2, 0.25) is 0 Å². The van der Waals surface area contributed by atoms with E-state index in [0.29, 0.717) is 0 Å². The molecule has 1 aliphatic heterocycles. The Hall–Kier alpha value is -0.650. The highest BCUT2D eigenvalue weighted by Gasteiger charge is 2.31. The molecule has 0 radical (unpaired) electrons. The Morgan fingerprint density at radius 1 is 1.50 bits per heavy atom. The van der Waals surface area contributed by atoms with Gasteiger partial charge in [-0.3, -0.25) is 4.79 Å². The first-order valence-electron chi connectivity index (χ1n) is 3.82. The number of carbonyl (C=O) groups excluding carboxylic acids is 1. The SMILES string of the molecule is COC(=O)C1C[C@@H](O)[C@@H](O)CN1. The highest BCUT2D eigenvalue weighted by atomic mass is 16.5. The second-order valence-electron chi connectivity index (χ2n) is 2.85. The van der Waals surface area contributed by atoms with Crippen LogP contribution in [0.1, 0.15) is 6.42 Å². The van der Waals surface area contributed by atoms with Crippen molar-refractivity contribution in [3.8, 4) is 0 Å². The molecule has 0 amide bonds. The van der Waals surface area contributed by atoms with Gasteiger partial charge >= 0.3 is 5.97 Å². The maximum atomic E-state index is 10.9. The molecule has 1 fully saturated rings. The van der Waals surface area contributed by atoms with Gasteiger partial charge in [-0.15, -0.1) is 0 Å². The van der Waals surface area contributed by atoms with Crippen molar-refractivity contribution in [2.75, 3.05) is 13.7 Å². The van der Waals surface area contributed by atoms with E-state index in [1.165, 1.54) is 7.11 Å². The van der Waals surface area contributed by atoms with Gasteiger partial charge in [-0.25, -0.2) is 0 Å². The predicted molar refractivity (Wildman–Crippen MR) is 40.4 cm³/mol. The fourth-order valence-corrected chi connectivity index (χ4v) is 1.20. The first kappa shape index (κ1) is 9.44. The van der Waals surface area contributed by atoms with Crippen LogP contribution < -0.4 is 5.32 Å². The molecule has 0 aromatic heterocycles. The molecule has 1 heterocycles. The van der Waals surface area contributed by atoms with Crippen LogP contribution in [0, 0.1) is 0 Å². The number of aliphatic hydroxyl groups excluding tert-OH is 2. The van der Waals surface area contributed by atoms with Crippen LogP contribution in [-0.2, 0) is 9.53 Å². The van der Waals surface area contributed by atoms with Crippen LogP contribution in [0.5, 0.6) is 0 Å². The van der Waals surface area contributed by atoms with Gasteiger partial charge in [0.15, 0.2) is 0 Å². The van der Waals surface area contributed by atoms with E-state index < -0.39 is 24.2 Å². The van der Waals surface area contributed by atoms with Crippen LogP contribution in [-0.4, -0.2) is 48.1 Å². The average molecular weight is 175 g/mol. The quantitative estimate of drug-likeness (QED) is 0.412. The molecule has 1 saturated heterocycles. The summed E-state index contributed by atoms with van der Waals surface area (Å²) in [6, 6.07) is -0.492. The van der Waals surface area contributed by atoms with Gasteiger partial charge in [0.25, 0.3) is 0 Å². The van der Waals surface area contributed by atoms with Crippen LogP contribution in [0.25, 0.3) is 0 Å². The zero-order valence-corrected chi connectivity index (χ0v) is 6.86. The highest BCUT2D eigenvalue weighted by molar-refractivity contribution is 5.75. The molecular weight excluding hydrogens is 162 g/mol. The predicted octanol–water partition coefficient (Wildman–Crippen LogP) is -1.76. The first-order chi connectivity index (χ1) is 5.65. The third-order valence-electron chi connectivity index (χ3n) is 1.98. The normalized spacial score (nSPS) is 36.1. The maximum absolute atomic E-state index is 10.9. The zero-order chi connectivity index (χ0) is 9.14.